The van der Waals surface area contributed by atoms with Gasteiger partial charge in [-0.25, -0.2) is 13.8 Å². The molecular formula is C28H30ClF3N4O2S. The third-order valence-electron chi connectivity index (χ3n) is 7.43. The van der Waals surface area contributed by atoms with E-state index in [4.69, 9.17) is 21.1 Å². The van der Waals surface area contributed by atoms with Crippen LogP contribution < -0.4 is 18.7 Å². The summed E-state index contributed by atoms with van der Waals surface area (Å²) >= 11 is 7.24. The van der Waals surface area contributed by atoms with Crippen LogP contribution in [0.25, 0.3) is 0 Å². The number of anilines is 2. The van der Waals surface area contributed by atoms with Gasteiger partial charge in [0.15, 0.2) is 5.82 Å². The largest absolute Gasteiger partial charge is 0.497 e. The standard InChI is InChI=1S/C28H30ClF3N4O2S/c1-34-11-5-6-21(34)18-14-35(15-18)22-13-20(30)28(27(32)26(22)29)39-36(25-8-4-7-24(31)33-25)16-17-9-10-19(37-2)12-23(17)38-3/h4,7-10,12-13,18,21H,5-6,11,14-16H2,1-3H3. The molecule has 3 heterocycles. The third kappa shape index (κ3) is 5.73. The van der Waals surface area contributed by atoms with E-state index in [1.54, 1.807) is 31.4 Å². The third-order valence-corrected chi connectivity index (χ3v) is 8.89. The molecule has 0 radical (unpaired) electrons. The van der Waals surface area contributed by atoms with Gasteiger partial charge < -0.3 is 19.3 Å². The Labute approximate surface area is 235 Å². The first-order chi connectivity index (χ1) is 18.8. The summed E-state index contributed by atoms with van der Waals surface area (Å²) in [6, 6.07) is 11.3. The Morgan fingerprint density at radius 1 is 1.10 bits per heavy atom. The lowest BCUT2D eigenvalue weighted by Crippen LogP contribution is -2.54. The van der Waals surface area contributed by atoms with Crippen molar-refractivity contribution >= 4 is 35.1 Å². The predicted molar refractivity (Wildman–Crippen MR) is 149 cm³/mol. The minimum absolute atomic E-state index is 0.106. The lowest BCUT2D eigenvalue weighted by Gasteiger charge is -2.46. The second-order valence-corrected chi connectivity index (χ2v) is 11.2. The maximum absolute atomic E-state index is 15.7. The second kappa shape index (κ2) is 11.7. The summed E-state index contributed by atoms with van der Waals surface area (Å²) in [5, 5.41) is -0.133. The van der Waals surface area contributed by atoms with Crippen LogP contribution in [-0.4, -0.2) is 56.8 Å². The molecule has 2 fully saturated rings. The molecule has 0 saturated carbocycles. The second-order valence-electron chi connectivity index (χ2n) is 9.81. The monoisotopic (exact) mass is 578 g/mol. The number of aromatic nitrogens is 1. The maximum Gasteiger partial charge on any atom is 0.214 e. The number of likely N-dealkylation sites (tertiary alicyclic amines) is 1. The molecule has 0 amide bonds. The zero-order valence-corrected chi connectivity index (χ0v) is 23.5. The Morgan fingerprint density at radius 2 is 1.90 bits per heavy atom. The van der Waals surface area contributed by atoms with E-state index in [1.807, 2.05) is 4.90 Å². The van der Waals surface area contributed by atoms with Crippen LogP contribution in [0.4, 0.5) is 24.7 Å². The van der Waals surface area contributed by atoms with Crippen LogP contribution in [0.1, 0.15) is 18.4 Å². The van der Waals surface area contributed by atoms with Crippen molar-refractivity contribution in [3.8, 4) is 11.5 Å². The van der Waals surface area contributed by atoms with E-state index in [0.29, 0.717) is 47.8 Å². The van der Waals surface area contributed by atoms with Crippen molar-refractivity contribution in [2.75, 3.05) is 50.1 Å². The number of benzene rings is 2. The Balaban J connectivity index is 1.41. The molecule has 3 aromatic rings. The van der Waals surface area contributed by atoms with Gasteiger partial charge in [-0.2, -0.15) is 4.39 Å². The summed E-state index contributed by atoms with van der Waals surface area (Å²) in [5.74, 6) is -0.597. The number of hydrogen-bond donors (Lipinski definition) is 0. The number of nitrogens with zero attached hydrogens (tertiary/aromatic N) is 4. The van der Waals surface area contributed by atoms with Gasteiger partial charge in [0.2, 0.25) is 5.95 Å². The highest BCUT2D eigenvalue weighted by atomic mass is 35.5. The molecular weight excluding hydrogens is 549 g/mol. The maximum atomic E-state index is 15.7. The van der Waals surface area contributed by atoms with Crippen LogP contribution in [0.3, 0.4) is 0 Å². The van der Waals surface area contributed by atoms with Gasteiger partial charge in [0.1, 0.15) is 33.1 Å². The van der Waals surface area contributed by atoms with Gasteiger partial charge in [-0.05, 0) is 62.6 Å². The van der Waals surface area contributed by atoms with Crippen molar-refractivity contribution < 1.29 is 22.6 Å². The Bertz CT molecular complexity index is 1340. The molecule has 11 heteroatoms. The summed E-state index contributed by atoms with van der Waals surface area (Å²) in [5.41, 5.74) is 1.03. The zero-order chi connectivity index (χ0) is 27.7. The molecule has 2 aliphatic heterocycles. The molecule has 2 aromatic carbocycles. The number of hydrogen-bond acceptors (Lipinski definition) is 7. The molecule has 2 saturated heterocycles. The summed E-state index contributed by atoms with van der Waals surface area (Å²) in [6.07, 6.45) is 2.32. The van der Waals surface area contributed by atoms with Crippen molar-refractivity contribution in [2.45, 2.75) is 30.3 Å². The van der Waals surface area contributed by atoms with Crippen LogP contribution in [0.5, 0.6) is 11.5 Å². The average Bonchev–Trinajstić information content (AvgIpc) is 3.33. The van der Waals surface area contributed by atoms with Gasteiger partial charge in [0, 0.05) is 42.7 Å². The van der Waals surface area contributed by atoms with Crippen LogP contribution in [0.2, 0.25) is 5.02 Å². The minimum atomic E-state index is -0.860. The molecule has 1 unspecified atom stereocenters. The van der Waals surface area contributed by atoms with Crippen molar-refractivity contribution in [1.82, 2.24) is 9.88 Å². The molecule has 2 aliphatic rings. The van der Waals surface area contributed by atoms with E-state index < -0.39 is 17.6 Å². The van der Waals surface area contributed by atoms with E-state index in [9.17, 15) is 4.39 Å². The number of halogens is 4. The van der Waals surface area contributed by atoms with Gasteiger partial charge in [-0.1, -0.05) is 17.7 Å². The first-order valence-electron chi connectivity index (χ1n) is 12.7. The molecule has 39 heavy (non-hydrogen) atoms. The fourth-order valence-corrected chi connectivity index (χ4v) is 6.58. The van der Waals surface area contributed by atoms with Crippen molar-refractivity contribution in [1.29, 1.82) is 0 Å². The molecule has 6 nitrogen and oxygen atoms in total. The van der Waals surface area contributed by atoms with E-state index in [0.717, 1.165) is 24.9 Å². The normalized spacial score (nSPS) is 17.8. The SMILES string of the molecule is COc1ccc(CN(Sc2c(F)cc(N3CC(C4CCCN4C)C3)c(Cl)c2F)c2cccc(F)n2)c(OC)c1. The van der Waals surface area contributed by atoms with Gasteiger partial charge in [-0.15, -0.1) is 0 Å². The Hall–Kier alpha value is -2.82. The molecule has 0 bridgehead atoms. The highest BCUT2D eigenvalue weighted by molar-refractivity contribution is 8.00. The first-order valence-corrected chi connectivity index (χ1v) is 13.9. The topological polar surface area (TPSA) is 41.1 Å². The highest BCUT2D eigenvalue weighted by Gasteiger charge is 2.39. The van der Waals surface area contributed by atoms with Crippen molar-refractivity contribution in [3.05, 3.63) is 70.6 Å². The minimum Gasteiger partial charge on any atom is -0.497 e. The van der Waals surface area contributed by atoms with Crippen LogP contribution in [-0.2, 0) is 6.54 Å². The van der Waals surface area contributed by atoms with Crippen LogP contribution >= 0.6 is 23.5 Å². The summed E-state index contributed by atoms with van der Waals surface area (Å²) in [6.45, 7) is 2.60. The van der Waals surface area contributed by atoms with Gasteiger partial charge >= 0.3 is 0 Å². The lowest BCUT2D eigenvalue weighted by atomic mass is 9.89. The number of pyridine rings is 1. The molecule has 0 spiro atoms. The Morgan fingerprint density at radius 3 is 2.56 bits per heavy atom. The van der Waals surface area contributed by atoms with Crippen LogP contribution in [0.15, 0.2) is 47.4 Å². The van der Waals surface area contributed by atoms with Gasteiger partial charge in [0.25, 0.3) is 0 Å². The van der Waals surface area contributed by atoms with Crippen LogP contribution in [0, 0.1) is 23.5 Å². The van der Waals surface area contributed by atoms with Crippen molar-refractivity contribution in [3.63, 3.8) is 0 Å². The highest BCUT2D eigenvalue weighted by Crippen LogP contribution is 2.43. The van der Waals surface area contributed by atoms with E-state index in [-0.39, 0.29) is 22.3 Å². The van der Waals surface area contributed by atoms with Gasteiger partial charge in [0.05, 0.1) is 26.5 Å². The molecule has 0 N–H and O–H groups in total. The molecule has 1 aromatic heterocycles. The molecule has 5 rings (SSSR count). The lowest BCUT2D eigenvalue weighted by molar-refractivity contribution is 0.196. The van der Waals surface area contributed by atoms with E-state index >= 15 is 8.78 Å². The molecule has 1 atom stereocenters. The van der Waals surface area contributed by atoms with E-state index in [2.05, 4.69) is 16.9 Å². The average molecular weight is 579 g/mol. The Kier molecular flexibility index (Phi) is 8.35. The number of ether oxygens (including phenoxy) is 2. The van der Waals surface area contributed by atoms with Crippen molar-refractivity contribution in [2.24, 2.45) is 5.92 Å². The molecule has 0 aliphatic carbocycles. The summed E-state index contributed by atoms with van der Waals surface area (Å²) in [7, 11) is 5.18. The summed E-state index contributed by atoms with van der Waals surface area (Å²) < 4.78 is 57.5. The smallest absolute Gasteiger partial charge is 0.214 e. The summed E-state index contributed by atoms with van der Waals surface area (Å²) in [4.78, 5) is 7.93. The quantitative estimate of drug-likeness (QED) is 0.165. The first kappa shape index (κ1) is 27.7. The predicted octanol–water partition coefficient (Wildman–Crippen LogP) is 6.41. The zero-order valence-electron chi connectivity index (χ0n) is 22.0. The number of methoxy groups -OCH3 is 2. The molecule has 208 valence electrons. The van der Waals surface area contributed by atoms with Gasteiger partial charge in [-0.3, -0.25) is 4.31 Å². The fourth-order valence-electron chi connectivity index (χ4n) is 5.31. The fraction of sp³-hybridized carbons (Fsp3) is 0.393. The van der Waals surface area contributed by atoms with E-state index in [1.165, 1.54) is 36.0 Å². The number of rotatable bonds is 9.